The van der Waals surface area contributed by atoms with Crippen LogP contribution in [0.25, 0.3) is 0 Å². The lowest BCUT2D eigenvalue weighted by Crippen LogP contribution is -2.24. The van der Waals surface area contributed by atoms with Gasteiger partial charge in [0.2, 0.25) is 5.91 Å². The molecule has 0 saturated heterocycles. The summed E-state index contributed by atoms with van der Waals surface area (Å²) in [4.78, 5) is 42.3. The van der Waals surface area contributed by atoms with Gasteiger partial charge < -0.3 is 15.0 Å². The van der Waals surface area contributed by atoms with E-state index in [4.69, 9.17) is 4.74 Å². The number of hydrogen-bond acceptors (Lipinski definition) is 5. The molecular formula is C17H19N3O4. The first-order valence-electron chi connectivity index (χ1n) is 7.54. The van der Waals surface area contributed by atoms with Crippen molar-refractivity contribution in [1.29, 1.82) is 0 Å². The fourth-order valence-corrected chi connectivity index (χ4v) is 2.23. The molecule has 0 saturated carbocycles. The number of H-pyrrole nitrogens is 1. The van der Waals surface area contributed by atoms with Crippen molar-refractivity contribution in [1.82, 2.24) is 9.97 Å². The van der Waals surface area contributed by atoms with Crippen LogP contribution in [-0.2, 0) is 16.0 Å². The Kier molecular flexibility index (Phi) is 5.47. The van der Waals surface area contributed by atoms with E-state index >= 15 is 0 Å². The molecule has 2 N–H and O–H groups in total. The van der Waals surface area contributed by atoms with Crippen molar-refractivity contribution in [2.24, 2.45) is 0 Å². The number of aromatic amines is 1. The number of benzene rings is 1. The number of ether oxygens (including phenoxy) is 1. The Morgan fingerprint density at radius 1 is 1.21 bits per heavy atom. The predicted molar refractivity (Wildman–Crippen MR) is 89.1 cm³/mol. The molecule has 2 rings (SSSR count). The topological polar surface area (TPSA) is 101 Å². The van der Waals surface area contributed by atoms with Crippen molar-refractivity contribution >= 4 is 17.6 Å². The summed E-state index contributed by atoms with van der Waals surface area (Å²) in [5.74, 6) is -0.238. The molecule has 2 aromatic rings. The van der Waals surface area contributed by atoms with Gasteiger partial charge in [0.25, 0.3) is 5.56 Å². The third-order valence-electron chi connectivity index (χ3n) is 3.36. The molecule has 1 aromatic carbocycles. The maximum Gasteiger partial charge on any atom is 0.338 e. The summed E-state index contributed by atoms with van der Waals surface area (Å²) >= 11 is 0. The molecule has 0 bridgehead atoms. The van der Waals surface area contributed by atoms with E-state index in [2.05, 4.69) is 15.3 Å². The van der Waals surface area contributed by atoms with Crippen molar-refractivity contribution < 1.29 is 14.3 Å². The summed E-state index contributed by atoms with van der Waals surface area (Å²) in [6.07, 6.45) is -0.0753. The van der Waals surface area contributed by atoms with Crippen molar-refractivity contribution in [2.45, 2.75) is 27.2 Å². The number of nitrogens with one attached hydrogen (secondary N) is 2. The van der Waals surface area contributed by atoms with Crippen molar-refractivity contribution in [3.05, 3.63) is 57.3 Å². The standard InChI is InChI=1S/C17H19N3O4/c1-4-24-17(23)12-5-7-13(8-6-12)20-15(21)9-14-10(2)18-11(3)19-16(14)22/h5-8H,4,9H2,1-3H3,(H,20,21)(H,18,19,22). The van der Waals surface area contributed by atoms with E-state index in [0.29, 0.717) is 34.9 Å². The number of carbonyl (C=O) groups is 2. The van der Waals surface area contributed by atoms with Crippen LogP contribution in [0.1, 0.15) is 34.4 Å². The molecule has 1 amide bonds. The van der Waals surface area contributed by atoms with Crippen LogP contribution in [0.2, 0.25) is 0 Å². The molecule has 0 unspecified atom stereocenters. The molecule has 0 atom stereocenters. The monoisotopic (exact) mass is 329 g/mol. The summed E-state index contributed by atoms with van der Waals surface area (Å²) in [7, 11) is 0. The lowest BCUT2D eigenvalue weighted by Gasteiger charge is -2.08. The molecule has 7 nitrogen and oxygen atoms in total. The lowest BCUT2D eigenvalue weighted by atomic mass is 10.1. The zero-order valence-corrected chi connectivity index (χ0v) is 13.8. The van der Waals surface area contributed by atoms with Gasteiger partial charge in [-0.25, -0.2) is 9.78 Å². The van der Waals surface area contributed by atoms with Gasteiger partial charge in [0.05, 0.1) is 18.6 Å². The second kappa shape index (κ2) is 7.54. The highest BCUT2D eigenvalue weighted by atomic mass is 16.5. The van der Waals surface area contributed by atoms with Crippen LogP contribution in [-0.4, -0.2) is 28.5 Å². The minimum atomic E-state index is -0.414. The van der Waals surface area contributed by atoms with Crippen molar-refractivity contribution in [2.75, 3.05) is 11.9 Å². The molecule has 0 aliphatic rings. The van der Waals surface area contributed by atoms with Gasteiger partial charge >= 0.3 is 5.97 Å². The Morgan fingerprint density at radius 2 is 1.88 bits per heavy atom. The number of rotatable bonds is 5. The fraction of sp³-hybridized carbons (Fsp3) is 0.294. The number of aryl methyl sites for hydroxylation is 2. The number of amides is 1. The Hall–Kier alpha value is -2.96. The van der Waals surface area contributed by atoms with Gasteiger partial charge in [0.15, 0.2) is 0 Å². The number of hydrogen-bond donors (Lipinski definition) is 2. The Balaban J connectivity index is 2.05. The highest BCUT2D eigenvalue weighted by Crippen LogP contribution is 2.11. The van der Waals surface area contributed by atoms with Gasteiger partial charge in [-0.3, -0.25) is 9.59 Å². The number of esters is 1. The summed E-state index contributed by atoms with van der Waals surface area (Å²) in [6.45, 7) is 5.41. The Morgan fingerprint density at radius 3 is 2.46 bits per heavy atom. The van der Waals surface area contributed by atoms with E-state index in [9.17, 15) is 14.4 Å². The van der Waals surface area contributed by atoms with E-state index in [-0.39, 0.29) is 17.9 Å². The van der Waals surface area contributed by atoms with Crippen molar-refractivity contribution in [3.8, 4) is 0 Å². The third-order valence-corrected chi connectivity index (χ3v) is 3.36. The molecule has 0 aliphatic carbocycles. The van der Waals surface area contributed by atoms with Gasteiger partial charge in [0, 0.05) is 16.9 Å². The smallest absolute Gasteiger partial charge is 0.338 e. The Labute approximate surface area is 139 Å². The van der Waals surface area contributed by atoms with Crippen LogP contribution in [0, 0.1) is 13.8 Å². The van der Waals surface area contributed by atoms with Gasteiger partial charge in [-0.2, -0.15) is 0 Å². The van der Waals surface area contributed by atoms with Gasteiger partial charge in [-0.1, -0.05) is 0 Å². The Bertz CT molecular complexity index is 810. The average molecular weight is 329 g/mol. The number of nitrogens with zero attached hydrogens (tertiary/aromatic N) is 1. The number of aromatic nitrogens is 2. The third kappa shape index (κ3) is 4.28. The quantitative estimate of drug-likeness (QED) is 0.814. The average Bonchev–Trinajstić information content (AvgIpc) is 2.52. The fourth-order valence-electron chi connectivity index (χ4n) is 2.23. The first-order valence-corrected chi connectivity index (χ1v) is 7.54. The van der Waals surface area contributed by atoms with Crippen LogP contribution in [0.15, 0.2) is 29.1 Å². The van der Waals surface area contributed by atoms with Gasteiger partial charge in [0.1, 0.15) is 5.82 Å². The highest BCUT2D eigenvalue weighted by molar-refractivity contribution is 5.94. The zero-order chi connectivity index (χ0) is 17.7. The normalized spacial score (nSPS) is 10.3. The van der Waals surface area contributed by atoms with Crippen LogP contribution in [0.3, 0.4) is 0 Å². The maximum absolute atomic E-state index is 12.1. The minimum Gasteiger partial charge on any atom is -0.462 e. The van der Waals surface area contributed by atoms with E-state index in [0.717, 1.165) is 0 Å². The predicted octanol–water partition coefficient (Wildman–Crippen LogP) is 1.74. The molecule has 0 radical (unpaired) electrons. The molecule has 0 aliphatic heterocycles. The van der Waals surface area contributed by atoms with Gasteiger partial charge in [-0.15, -0.1) is 0 Å². The van der Waals surface area contributed by atoms with E-state index < -0.39 is 5.97 Å². The maximum atomic E-state index is 12.1. The molecule has 0 fully saturated rings. The summed E-state index contributed by atoms with van der Waals surface area (Å²) in [5, 5.41) is 2.69. The highest BCUT2D eigenvalue weighted by Gasteiger charge is 2.12. The summed E-state index contributed by atoms with van der Waals surface area (Å²) in [6, 6.07) is 6.35. The minimum absolute atomic E-state index is 0.0753. The molecule has 24 heavy (non-hydrogen) atoms. The van der Waals surface area contributed by atoms with Crippen molar-refractivity contribution in [3.63, 3.8) is 0 Å². The molecule has 7 heteroatoms. The molecule has 0 spiro atoms. The first-order chi connectivity index (χ1) is 11.4. The van der Waals surface area contributed by atoms with E-state index in [1.54, 1.807) is 45.0 Å². The number of carbonyl (C=O) groups excluding carboxylic acids is 2. The largest absolute Gasteiger partial charge is 0.462 e. The van der Waals surface area contributed by atoms with Crippen LogP contribution in [0.5, 0.6) is 0 Å². The lowest BCUT2D eigenvalue weighted by molar-refractivity contribution is -0.115. The van der Waals surface area contributed by atoms with E-state index in [1.165, 1.54) is 0 Å². The first kappa shape index (κ1) is 17.4. The van der Waals surface area contributed by atoms with Crippen LogP contribution < -0.4 is 10.9 Å². The SMILES string of the molecule is CCOC(=O)c1ccc(NC(=O)Cc2c(C)nc(C)[nH]c2=O)cc1. The van der Waals surface area contributed by atoms with Crippen LogP contribution >= 0.6 is 0 Å². The van der Waals surface area contributed by atoms with Crippen LogP contribution in [0.4, 0.5) is 5.69 Å². The molecule has 1 aromatic heterocycles. The molecular weight excluding hydrogens is 310 g/mol. The summed E-state index contributed by atoms with van der Waals surface area (Å²) in [5.41, 5.74) is 1.49. The second-order valence-corrected chi connectivity index (χ2v) is 5.24. The summed E-state index contributed by atoms with van der Waals surface area (Å²) < 4.78 is 4.89. The molecule has 1 heterocycles. The molecule has 126 valence electrons. The van der Waals surface area contributed by atoms with Gasteiger partial charge in [-0.05, 0) is 45.0 Å². The second-order valence-electron chi connectivity index (χ2n) is 5.24. The number of anilines is 1. The zero-order valence-electron chi connectivity index (χ0n) is 13.8. The van der Waals surface area contributed by atoms with E-state index in [1.807, 2.05) is 0 Å².